The van der Waals surface area contributed by atoms with Crippen molar-refractivity contribution in [1.29, 1.82) is 0 Å². The first kappa shape index (κ1) is 16.9. The number of hydrogen-bond donors (Lipinski definition) is 2. The van der Waals surface area contributed by atoms with Crippen LogP contribution < -0.4 is 10.6 Å². The van der Waals surface area contributed by atoms with Crippen molar-refractivity contribution >= 4 is 17.4 Å². The van der Waals surface area contributed by atoms with Crippen LogP contribution in [0.5, 0.6) is 0 Å². The van der Waals surface area contributed by atoms with Gasteiger partial charge in [0.25, 0.3) is 0 Å². The Balaban J connectivity index is 1.35. The number of urea groups is 1. The van der Waals surface area contributed by atoms with E-state index in [1.165, 1.54) is 5.56 Å². The second kappa shape index (κ2) is 8.26. The van der Waals surface area contributed by atoms with Gasteiger partial charge in [-0.25, -0.2) is 9.78 Å². The number of nitrogens with zero attached hydrogens (tertiary/aromatic N) is 2. The minimum absolute atomic E-state index is 0.0755. The molecule has 1 saturated heterocycles. The third kappa shape index (κ3) is 5.04. The topological polar surface area (TPSA) is 57.3 Å². The summed E-state index contributed by atoms with van der Waals surface area (Å²) in [5, 5.41) is 9.12. The minimum atomic E-state index is -0.0755. The second-order valence-corrected chi connectivity index (χ2v) is 7.28. The van der Waals surface area contributed by atoms with E-state index in [-0.39, 0.29) is 12.1 Å². The van der Waals surface area contributed by atoms with Gasteiger partial charge in [0, 0.05) is 44.0 Å². The Labute approximate surface area is 147 Å². The van der Waals surface area contributed by atoms with Crippen LogP contribution in [0.3, 0.4) is 0 Å². The minimum Gasteiger partial charge on any atom is -0.338 e. The van der Waals surface area contributed by atoms with Crippen molar-refractivity contribution in [2.75, 3.05) is 19.6 Å². The Hall–Kier alpha value is -1.92. The Morgan fingerprint density at radius 2 is 2.21 bits per heavy atom. The van der Waals surface area contributed by atoms with Gasteiger partial charge < -0.3 is 10.6 Å². The third-order valence-corrected chi connectivity index (χ3v) is 5.01. The van der Waals surface area contributed by atoms with Crippen molar-refractivity contribution in [3.05, 3.63) is 52.0 Å². The van der Waals surface area contributed by atoms with Crippen LogP contribution in [0.1, 0.15) is 22.7 Å². The Kier molecular flexibility index (Phi) is 5.82. The average Bonchev–Trinajstić information content (AvgIpc) is 3.17. The van der Waals surface area contributed by atoms with Gasteiger partial charge in [-0.05, 0) is 18.9 Å². The first-order chi connectivity index (χ1) is 11.7. The Bertz CT molecular complexity index is 658. The van der Waals surface area contributed by atoms with Crippen molar-refractivity contribution in [3.8, 4) is 0 Å². The maximum Gasteiger partial charge on any atom is 0.315 e. The zero-order valence-corrected chi connectivity index (χ0v) is 14.8. The van der Waals surface area contributed by atoms with E-state index in [4.69, 9.17) is 0 Å². The smallest absolute Gasteiger partial charge is 0.315 e. The van der Waals surface area contributed by atoms with Gasteiger partial charge in [0.1, 0.15) is 0 Å². The number of carbonyl (C=O) groups excluding carboxylic acids is 1. The van der Waals surface area contributed by atoms with E-state index in [1.54, 1.807) is 11.3 Å². The number of aryl methyl sites for hydroxylation is 1. The second-order valence-electron chi connectivity index (χ2n) is 6.21. The predicted molar refractivity (Wildman–Crippen MR) is 97.2 cm³/mol. The molecule has 2 aromatic rings. The summed E-state index contributed by atoms with van der Waals surface area (Å²) in [6, 6.07) is 10.6. The number of likely N-dealkylation sites (tertiary alicyclic amines) is 1. The van der Waals surface area contributed by atoms with E-state index < -0.39 is 0 Å². The molecule has 1 aromatic carbocycles. The first-order valence-corrected chi connectivity index (χ1v) is 9.28. The molecule has 2 amide bonds. The molecule has 1 aliphatic heterocycles. The summed E-state index contributed by atoms with van der Waals surface area (Å²) in [5.41, 5.74) is 2.37. The van der Waals surface area contributed by atoms with Crippen LogP contribution in [-0.4, -0.2) is 41.6 Å². The van der Waals surface area contributed by atoms with Crippen LogP contribution in [0.2, 0.25) is 0 Å². The molecule has 6 heteroatoms. The molecule has 2 heterocycles. The quantitative estimate of drug-likeness (QED) is 0.847. The largest absolute Gasteiger partial charge is 0.338 e. The first-order valence-electron chi connectivity index (χ1n) is 8.41. The highest BCUT2D eigenvalue weighted by molar-refractivity contribution is 7.09. The number of benzene rings is 1. The predicted octanol–water partition coefficient (Wildman–Crippen LogP) is 2.57. The van der Waals surface area contributed by atoms with Crippen LogP contribution in [0.4, 0.5) is 4.79 Å². The fourth-order valence-electron chi connectivity index (χ4n) is 3.00. The van der Waals surface area contributed by atoms with Gasteiger partial charge in [0.05, 0.1) is 10.7 Å². The van der Waals surface area contributed by atoms with Gasteiger partial charge >= 0.3 is 6.03 Å². The molecule has 0 radical (unpaired) electrons. The molecule has 1 aliphatic rings. The SMILES string of the molecule is Cc1nc(CCNC(=O)NC2CCN(Cc3ccccc3)C2)cs1. The summed E-state index contributed by atoms with van der Waals surface area (Å²) in [6.45, 7) is 5.50. The van der Waals surface area contributed by atoms with Crippen LogP contribution in [0.15, 0.2) is 35.7 Å². The lowest BCUT2D eigenvalue weighted by Crippen LogP contribution is -2.43. The van der Waals surface area contributed by atoms with Crippen molar-refractivity contribution in [3.63, 3.8) is 0 Å². The average molecular weight is 344 g/mol. The van der Waals surface area contributed by atoms with Gasteiger partial charge in [0.15, 0.2) is 0 Å². The maximum absolute atomic E-state index is 12.0. The van der Waals surface area contributed by atoms with E-state index in [2.05, 4.69) is 44.8 Å². The van der Waals surface area contributed by atoms with E-state index in [0.717, 1.165) is 43.2 Å². The van der Waals surface area contributed by atoms with E-state index in [1.807, 2.05) is 18.4 Å². The molecule has 2 N–H and O–H groups in total. The molecule has 1 aromatic heterocycles. The maximum atomic E-state index is 12.0. The van der Waals surface area contributed by atoms with Crippen LogP contribution in [0, 0.1) is 6.92 Å². The number of carbonyl (C=O) groups is 1. The molecule has 0 bridgehead atoms. The number of aromatic nitrogens is 1. The van der Waals surface area contributed by atoms with Gasteiger partial charge in [0.2, 0.25) is 0 Å². The molecule has 0 aliphatic carbocycles. The molecular weight excluding hydrogens is 320 g/mol. The van der Waals surface area contributed by atoms with Gasteiger partial charge in [-0.1, -0.05) is 30.3 Å². The Morgan fingerprint density at radius 1 is 1.38 bits per heavy atom. The lowest BCUT2D eigenvalue weighted by Gasteiger charge is -2.17. The number of hydrogen-bond acceptors (Lipinski definition) is 4. The summed E-state index contributed by atoms with van der Waals surface area (Å²) < 4.78 is 0. The number of rotatable bonds is 6. The summed E-state index contributed by atoms with van der Waals surface area (Å²) >= 11 is 1.65. The molecule has 5 nitrogen and oxygen atoms in total. The standard InChI is InChI=1S/C18H24N4OS/c1-14-20-17(13-24-14)7-9-19-18(23)21-16-8-10-22(12-16)11-15-5-3-2-4-6-15/h2-6,13,16H,7-12H2,1H3,(H2,19,21,23). The van der Waals surface area contributed by atoms with E-state index >= 15 is 0 Å². The van der Waals surface area contributed by atoms with E-state index in [0.29, 0.717) is 6.54 Å². The van der Waals surface area contributed by atoms with Crippen molar-refractivity contribution in [2.24, 2.45) is 0 Å². The normalized spacial score (nSPS) is 17.8. The third-order valence-electron chi connectivity index (χ3n) is 4.19. The number of nitrogens with one attached hydrogen (secondary N) is 2. The molecule has 0 saturated carbocycles. The van der Waals surface area contributed by atoms with Gasteiger partial charge in [-0.3, -0.25) is 4.90 Å². The van der Waals surface area contributed by atoms with Gasteiger partial charge in [-0.15, -0.1) is 11.3 Å². The van der Waals surface area contributed by atoms with E-state index in [9.17, 15) is 4.79 Å². The zero-order chi connectivity index (χ0) is 16.8. The summed E-state index contributed by atoms with van der Waals surface area (Å²) in [7, 11) is 0. The van der Waals surface area contributed by atoms with Gasteiger partial charge in [-0.2, -0.15) is 0 Å². The molecule has 128 valence electrons. The molecule has 0 spiro atoms. The molecule has 1 fully saturated rings. The van der Waals surface area contributed by atoms with Crippen molar-refractivity contribution in [1.82, 2.24) is 20.5 Å². The number of thiazole rings is 1. The highest BCUT2D eigenvalue weighted by atomic mass is 32.1. The Morgan fingerprint density at radius 3 is 2.96 bits per heavy atom. The monoisotopic (exact) mass is 344 g/mol. The number of amides is 2. The van der Waals surface area contributed by atoms with Crippen LogP contribution >= 0.6 is 11.3 Å². The van der Waals surface area contributed by atoms with Crippen LogP contribution in [0.25, 0.3) is 0 Å². The molecular formula is C18H24N4OS. The molecule has 3 rings (SSSR count). The lowest BCUT2D eigenvalue weighted by molar-refractivity contribution is 0.236. The molecule has 1 unspecified atom stereocenters. The highest BCUT2D eigenvalue weighted by Gasteiger charge is 2.23. The summed E-state index contributed by atoms with van der Waals surface area (Å²) in [5.74, 6) is 0. The fourth-order valence-corrected chi connectivity index (χ4v) is 3.65. The summed E-state index contributed by atoms with van der Waals surface area (Å²) in [6.07, 6.45) is 1.79. The van der Waals surface area contributed by atoms with Crippen LogP contribution in [-0.2, 0) is 13.0 Å². The molecule has 1 atom stereocenters. The lowest BCUT2D eigenvalue weighted by atomic mass is 10.2. The van der Waals surface area contributed by atoms with Crippen molar-refractivity contribution < 1.29 is 4.79 Å². The summed E-state index contributed by atoms with van der Waals surface area (Å²) in [4.78, 5) is 18.8. The highest BCUT2D eigenvalue weighted by Crippen LogP contribution is 2.13. The fraction of sp³-hybridized carbons (Fsp3) is 0.444. The zero-order valence-electron chi connectivity index (χ0n) is 14.0. The van der Waals surface area contributed by atoms with Crippen molar-refractivity contribution in [2.45, 2.75) is 32.4 Å². The molecule has 24 heavy (non-hydrogen) atoms.